The number of rotatable bonds is 14. The van der Waals surface area contributed by atoms with Gasteiger partial charge in [0.2, 0.25) is 23.5 Å². The molecule has 52 heavy (non-hydrogen) atoms. The smallest absolute Gasteiger partial charge is 0.236 e. The molecule has 4 heterocycles. The number of carbonyl (C=O) groups is 1. The van der Waals surface area contributed by atoms with Gasteiger partial charge in [0.1, 0.15) is 11.1 Å². The molecule has 274 valence electrons. The van der Waals surface area contributed by atoms with E-state index in [2.05, 4.69) is 45.1 Å². The second kappa shape index (κ2) is 16.4. The van der Waals surface area contributed by atoms with Crippen LogP contribution in [0.15, 0.2) is 54.6 Å². The number of fused-ring (bicyclic) bond motifs is 1. The first kappa shape index (κ1) is 36.4. The Balaban J connectivity index is 1.08. The number of ether oxygens (including phenoxy) is 3. The second-order valence-electron chi connectivity index (χ2n) is 13.9. The van der Waals surface area contributed by atoms with E-state index in [1.807, 2.05) is 37.4 Å². The predicted molar refractivity (Wildman–Crippen MR) is 204 cm³/mol. The van der Waals surface area contributed by atoms with Crippen LogP contribution in [-0.4, -0.2) is 74.3 Å². The first-order chi connectivity index (χ1) is 25.3. The Labute approximate surface area is 315 Å². The molecular formula is C40H46Cl2N6O4. The Morgan fingerprint density at radius 2 is 1.67 bits per heavy atom. The quantitative estimate of drug-likeness (QED) is 0.131. The second-order valence-corrected chi connectivity index (χ2v) is 14.7. The van der Waals surface area contributed by atoms with E-state index in [4.69, 9.17) is 47.4 Å². The Morgan fingerprint density at radius 1 is 0.885 bits per heavy atom. The summed E-state index contributed by atoms with van der Waals surface area (Å²) in [7, 11) is 5.27. The Hall–Kier alpha value is -3.93. The summed E-state index contributed by atoms with van der Waals surface area (Å²) in [6, 6.07) is 18.4. The Bertz CT molecular complexity index is 1930. The van der Waals surface area contributed by atoms with Crippen molar-refractivity contribution >= 4 is 29.1 Å². The molecule has 7 rings (SSSR count). The topological polar surface area (TPSA) is 110 Å². The molecule has 0 bridgehead atoms. The monoisotopic (exact) mass is 744 g/mol. The third kappa shape index (κ3) is 7.87. The van der Waals surface area contributed by atoms with Crippen molar-refractivity contribution in [3.63, 3.8) is 0 Å². The summed E-state index contributed by atoms with van der Waals surface area (Å²) < 4.78 is 18.0. The van der Waals surface area contributed by atoms with Crippen molar-refractivity contribution in [2.45, 2.75) is 57.3 Å². The number of nitrogens with zero attached hydrogens (tertiary/aromatic N) is 3. The van der Waals surface area contributed by atoms with Crippen LogP contribution in [0.1, 0.15) is 54.0 Å². The average Bonchev–Trinajstić information content (AvgIpc) is 3.90. The zero-order chi connectivity index (χ0) is 36.2. The lowest BCUT2D eigenvalue weighted by molar-refractivity contribution is -0.119. The fourth-order valence-corrected chi connectivity index (χ4v) is 8.37. The van der Waals surface area contributed by atoms with Crippen LogP contribution in [0.2, 0.25) is 10.0 Å². The molecule has 3 atom stereocenters. The van der Waals surface area contributed by atoms with Crippen LogP contribution < -0.4 is 30.2 Å². The van der Waals surface area contributed by atoms with Crippen molar-refractivity contribution < 1.29 is 19.0 Å². The van der Waals surface area contributed by atoms with E-state index in [-0.39, 0.29) is 18.1 Å². The lowest BCUT2D eigenvalue weighted by Gasteiger charge is -2.20. The molecule has 2 aromatic carbocycles. The first-order valence-corrected chi connectivity index (χ1v) is 18.8. The van der Waals surface area contributed by atoms with Crippen molar-refractivity contribution in [3.8, 4) is 40.0 Å². The van der Waals surface area contributed by atoms with Gasteiger partial charge in [0, 0.05) is 60.9 Å². The van der Waals surface area contributed by atoms with E-state index < -0.39 is 0 Å². The summed E-state index contributed by atoms with van der Waals surface area (Å²) >= 11 is 14.0. The van der Waals surface area contributed by atoms with E-state index >= 15 is 0 Å². The van der Waals surface area contributed by atoms with E-state index in [1.165, 1.54) is 12.0 Å². The maximum Gasteiger partial charge on any atom is 0.236 e. The number of benzene rings is 2. The summed E-state index contributed by atoms with van der Waals surface area (Å²) in [4.78, 5) is 23.6. The molecule has 3 N–H and O–H groups in total. The molecule has 0 radical (unpaired) electrons. The molecule has 1 aliphatic carbocycles. The minimum atomic E-state index is -0.213. The molecule has 10 nitrogen and oxygen atoms in total. The van der Waals surface area contributed by atoms with Crippen molar-refractivity contribution in [2.75, 3.05) is 47.4 Å². The van der Waals surface area contributed by atoms with Crippen molar-refractivity contribution in [2.24, 2.45) is 5.92 Å². The average molecular weight is 746 g/mol. The standard InChI is InChI=1S/C40H46Cl2N6O4/c1-43-19-24-16-17-48(22-24)23-26-18-33(41)40(47-39(26)51-3)52-35-14-12-29-28(6-4-7-30(29)35)31-8-5-9-32(37(31)42)34-13-10-25(38(46-34)50-2)20-44-21-27-11-15-36(49)45-27/h4-10,13,18,24,27,35,43-44H,11-12,14-17,19-23H2,1-3H3,(H,45,49)/t24?,27-,35-/m0/s1. The number of pyridine rings is 2. The summed E-state index contributed by atoms with van der Waals surface area (Å²) in [5, 5.41) is 10.8. The number of carbonyl (C=O) groups excluding carboxylic acids is 1. The van der Waals surface area contributed by atoms with Crippen LogP contribution in [0.4, 0.5) is 0 Å². The number of hydrogen-bond donors (Lipinski definition) is 3. The molecule has 2 saturated heterocycles. The van der Waals surface area contributed by atoms with Gasteiger partial charge in [0.15, 0.2) is 0 Å². The lowest BCUT2D eigenvalue weighted by Crippen LogP contribution is -2.35. The van der Waals surface area contributed by atoms with Crippen LogP contribution >= 0.6 is 23.2 Å². The molecule has 1 amide bonds. The molecule has 3 aliphatic rings. The van der Waals surface area contributed by atoms with E-state index in [0.717, 1.165) is 84.5 Å². The normalized spacial score (nSPS) is 19.9. The molecule has 4 aromatic rings. The van der Waals surface area contributed by atoms with Crippen molar-refractivity contribution in [1.82, 2.24) is 30.8 Å². The summed E-state index contributed by atoms with van der Waals surface area (Å²) in [5.74, 6) is 2.21. The van der Waals surface area contributed by atoms with Gasteiger partial charge in [0.05, 0.1) is 24.9 Å². The minimum Gasteiger partial charge on any atom is -0.481 e. The number of hydrogen-bond acceptors (Lipinski definition) is 9. The highest BCUT2D eigenvalue weighted by Crippen LogP contribution is 2.45. The molecule has 0 saturated carbocycles. The minimum absolute atomic E-state index is 0.110. The van der Waals surface area contributed by atoms with Crippen LogP contribution in [0.25, 0.3) is 22.4 Å². The first-order valence-electron chi connectivity index (χ1n) is 18.1. The van der Waals surface area contributed by atoms with Crippen molar-refractivity contribution in [1.29, 1.82) is 0 Å². The molecule has 0 spiro atoms. The molecule has 1 unspecified atom stereocenters. The number of halogens is 2. The third-order valence-electron chi connectivity index (χ3n) is 10.4. The number of aromatic nitrogens is 2. The third-order valence-corrected chi connectivity index (χ3v) is 11.1. The van der Waals surface area contributed by atoms with E-state index in [0.29, 0.717) is 53.1 Å². The summed E-state index contributed by atoms with van der Waals surface area (Å²) in [6.07, 6.45) is 4.00. The lowest BCUT2D eigenvalue weighted by atomic mass is 9.94. The molecule has 12 heteroatoms. The number of amides is 1. The molecule has 2 fully saturated rings. The van der Waals surface area contributed by atoms with Gasteiger partial charge >= 0.3 is 0 Å². The Morgan fingerprint density at radius 3 is 2.46 bits per heavy atom. The zero-order valence-corrected chi connectivity index (χ0v) is 31.4. The highest BCUT2D eigenvalue weighted by molar-refractivity contribution is 6.36. The number of likely N-dealkylation sites (tertiary alicyclic amines) is 1. The number of nitrogens with one attached hydrogen (secondary N) is 3. The maximum atomic E-state index is 11.5. The van der Waals surface area contributed by atoms with Gasteiger partial charge in [-0.25, -0.2) is 4.98 Å². The highest BCUT2D eigenvalue weighted by Gasteiger charge is 2.30. The van der Waals surface area contributed by atoms with Gasteiger partial charge in [-0.3, -0.25) is 9.69 Å². The maximum absolute atomic E-state index is 11.5. The molecular weight excluding hydrogens is 699 g/mol. The Kier molecular flexibility index (Phi) is 11.5. The van der Waals surface area contributed by atoms with Gasteiger partial charge in [-0.1, -0.05) is 65.7 Å². The fourth-order valence-electron chi connectivity index (χ4n) is 7.82. The molecule has 2 aliphatic heterocycles. The van der Waals surface area contributed by atoms with Gasteiger partial charge in [-0.15, -0.1) is 0 Å². The fraction of sp³-hybridized carbons (Fsp3) is 0.425. The highest BCUT2D eigenvalue weighted by atomic mass is 35.5. The predicted octanol–water partition coefficient (Wildman–Crippen LogP) is 6.61. The van der Waals surface area contributed by atoms with Gasteiger partial charge in [-0.2, -0.15) is 4.98 Å². The largest absolute Gasteiger partial charge is 0.481 e. The SMILES string of the molecule is CNCC1CCN(Cc2cc(Cl)c(O[C@H]3CCc4c(-c5cccc(-c6ccc(CNC[C@@H]7CCC(=O)N7)c(OC)n6)c5Cl)cccc43)nc2OC)C1. The summed E-state index contributed by atoms with van der Waals surface area (Å²) in [5.41, 5.74) is 7.74. The van der Waals surface area contributed by atoms with Crippen LogP contribution in [-0.2, 0) is 24.3 Å². The number of methoxy groups -OCH3 is 2. The van der Waals surface area contributed by atoms with Gasteiger partial charge < -0.3 is 30.2 Å². The van der Waals surface area contributed by atoms with E-state index in [1.54, 1.807) is 14.2 Å². The van der Waals surface area contributed by atoms with Crippen LogP contribution in [0.3, 0.4) is 0 Å². The van der Waals surface area contributed by atoms with Gasteiger partial charge in [-0.05, 0) is 80.6 Å². The molecule has 2 aromatic heterocycles. The zero-order valence-electron chi connectivity index (χ0n) is 29.9. The van der Waals surface area contributed by atoms with Crippen molar-refractivity contribution in [3.05, 3.63) is 86.9 Å². The summed E-state index contributed by atoms with van der Waals surface area (Å²) in [6.45, 7) is 5.09. The van der Waals surface area contributed by atoms with Gasteiger partial charge in [0.25, 0.3) is 0 Å². The van der Waals surface area contributed by atoms with E-state index in [9.17, 15) is 4.79 Å². The van der Waals surface area contributed by atoms with Crippen LogP contribution in [0, 0.1) is 5.92 Å². The van der Waals surface area contributed by atoms with Crippen LogP contribution in [0.5, 0.6) is 17.6 Å².